The Kier molecular flexibility index (Phi) is 8.55. The lowest BCUT2D eigenvalue weighted by Crippen LogP contribution is -3.00. The fraction of sp³-hybridized carbons (Fsp3) is 0.857. The summed E-state index contributed by atoms with van der Waals surface area (Å²) < 4.78 is 2.25. The van der Waals surface area contributed by atoms with Gasteiger partial charge >= 0.3 is 0 Å². The maximum atomic E-state index is 2.25. The Morgan fingerprint density at radius 2 is 1.60 bits per heavy atom. The Morgan fingerprint density at radius 1 is 1.20 bits per heavy atom. The summed E-state index contributed by atoms with van der Waals surface area (Å²) in [6.45, 7) is 6.50. The third-order valence-corrected chi connectivity index (χ3v) is 1.21. The molecule has 10 heavy (non-hydrogen) atoms. The van der Waals surface area contributed by atoms with Gasteiger partial charge in [0.1, 0.15) is 0 Å². The van der Waals surface area contributed by atoms with Gasteiger partial charge in [-0.15, -0.1) is 0 Å². The third-order valence-electron chi connectivity index (χ3n) is 1.21. The number of hydrogen-bond donors (Lipinski definition) is 0. The number of rotatable bonds is 3. The SMILES string of the molecule is CC[N+](=CN(C)C)CC.[Cl-]. The van der Waals surface area contributed by atoms with Crippen LogP contribution in [0.1, 0.15) is 13.8 Å². The summed E-state index contributed by atoms with van der Waals surface area (Å²) in [5.74, 6) is 0. The van der Waals surface area contributed by atoms with Gasteiger partial charge in [0.15, 0.2) is 0 Å². The van der Waals surface area contributed by atoms with Crippen LogP contribution in [0.15, 0.2) is 0 Å². The second kappa shape index (κ2) is 6.87. The summed E-state index contributed by atoms with van der Waals surface area (Å²) in [5, 5.41) is 0. The molecule has 0 saturated carbocycles. The Morgan fingerprint density at radius 3 is 1.70 bits per heavy atom. The van der Waals surface area contributed by atoms with Gasteiger partial charge in [0.2, 0.25) is 6.34 Å². The minimum absolute atomic E-state index is 0. The molecule has 0 aromatic heterocycles. The maximum absolute atomic E-state index is 2.25. The van der Waals surface area contributed by atoms with Crippen molar-refractivity contribution >= 4 is 6.34 Å². The van der Waals surface area contributed by atoms with E-state index in [1.165, 1.54) is 0 Å². The van der Waals surface area contributed by atoms with Gasteiger partial charge in [-0.2, -0.15) is 0 Å². The molecule has 0 fully saturated rings. The van der Waals surface area contributed by atoms with Crippen molar-refractivity contribution in [2.75, 3.05) is 27.2 Å². The van der Waals surface area contributed by atoms with E-state index in [-0.39, 0.29) is 12.4 Å². The summed E-state index contributed by atoms with van der Waals surface area (Å²) in [6.07, 6.45) is 2.11. The molecular formula is C7H17ClN2. The van der Waals surface area contributed by atoms with Crippen molar-refractivity contribution in [2.45, 2.75) is 13.8 Å². The van der Waals surface area contributed by atoms with E-state index in [0.717, 1.165) is 13.1 Å². The van der Waals surface area contributed by atoms with Gasteiger partial charge < -0.3 is 12.4 Å². The monoisotopic (exact) mass is 164 g/mol. The fourth-order valence-electron chi connectivity index (χ4n) is 0.714. The average molecular weight is 165 g/mol. The van der Waals surface area contributed by atoms with Crippen molar-refractivity contribution in [3.63, 3.8) is 0 Å². The molecule has 62 valence electrons. The second-order valence-corrected chi connectivity index (χ2v) is 2.30. The van der Waals surface area contributed by atoms with E-state index in [1.54, 1.807) is 0 Å². The van der Waals surface area contributed by atoms with Gasteiger partial charge in [-0.05, 0) is 13.8 Å². The Hall–Kier alpha value is -0.240. The molecule has 0 amide bonds. The standard InChI is InChI=1S/C7H17N2.ClH/c1-5-9(6-2)7-8(3)4;/h7H,5-6H2,1-4H3;1H/q+1;/p-1. The molecule has 0 spiro atoms. The highest BCUT2D eigenvalue weighted by Gasteiger charge is 1.92. The number of halogens is 1. The van der Waals surface area contributed by atoms with E-state index in [1.807, 2.05) is 14.1 Å². The quantitative estimate of drug-likeness (QED) is 0.257. The van der Waals surface area contributed by atoms with Crippen molar-refractivity contribution in [1.29, 1.82) is 0 Å². The second-order valence-electron chi connectivity index (χ2n) is 2.30. The highest BCUT2D eigenvalue weighted by atomic mass is 35.5. The van der Waals surface area contributed by atoms with E-state index in [9.17, 15) is 0 Å². The summed E-state index contributed by atoms with van der Waals surface area (Å²) in [7, 11) is 4.08. The minimum Gasteiger partial charge on any atom is -1.00 e. The van der Waals surface area contributed by atoms with Crippen LogP contribution >= 0.6 is 0 Å². The van der Waals surface area contributed by atoms with Gasteiger partial charge in [-0.1, -0.05) is 0 Å². The van der Waals surface area contributed by atoms with Crippen LogP contribution in [-0.4, -0.2) is 43.0 Å². The fourth-order valence-corrected chi connectivity index (χ4v) is 0.714. The first-order chi connectivity index (χ1) is 4.20. The minimum atomic E-state index is 0. The zero-order valence-electron chi connectivity index (χ0n) is 7.26. The summed E-state index contributed by atoms with van der Waals surface area (Å²) >= 11 is 0. The van der Waals surface area contributed by atoms with Gasteiger partial charge in [-0.3, -0.25) is 9.48 Å². The molecule has 0 rings (SSSR count). The van der Waals surface area contributed by atoms with Crippen LogP contribution in [0.25, 0.3) is 0 Å². The molecule has 0 radical (unpaired) electrons. The molecule has 0 unspecified atom stereocenters. The van der Waals surface area contributed by atoms with E-state index >= 15 is 0 Å². The summed E-state index contributed by atoms with van der Waals surface area (Å²) in [4.78, 5) is 2.06. The largest absolute Gasteiger partial charge is 1.00 e. The van der Waals surface area contributed by atoms with Crippen LogP contribution in [0.5, 0.6) is 0 Å². The van der Waals surface area contributed by atoms with Crippen molar-refractivity contribution in [2.24, 2.45) is 0 Å². The van der Waals surface area contributed by atoms with Crippen LogP contribution < -0.4 is 12.4 Å². The lowest BCUT2D eigenvalue weighted by Gasteiger charge is -2.02. The molecule has 0 N–H and O–H groups in total. The van der Waals surface area contributed by atoms with Crippen LogP contribution in [0, 0.1) is 0 Å². The Bertz CT molecular complexity index is 93.8. The van der Waals surface area contributed by atoms with Crippen LogP contribution in [-0.2, 0) is 0 Å². The maximum Gasteiger partial charge on any atom is 0.233 e. The normalized spacial score (nSPS) is 8.00. The van der Waals surface area contributed by atoms with Gasteiger partial charge in [0.25, 0.3) is 0 Å². The molecule has 0 bridgehead atoms. The van der Waals surface area contributed by atoms with E-state index in [0.29, 0.717) is 0 Å². The summed E-state index contributed by atoms with van der Waals surface area (Å²) in [6, 6.07) is 0. The van der Waals surface area contributed by atoms with Crippen molar-refractivity contribution in [3.8, 4) is 0 Å². The van der Waals surface area contributed by atoms with E-state index < -0.39 is 0 Å². The van der Waals surface area contributed by atoms with Crippen LogP contribution in [0.4, 0.5) is 0 Å². The van der Waals surface area contributed by atoms with Crippen molar-refractivity contribution < 1.29 is 17.0 Å². The lowest BCUT2D eigenvalue weighted by molar-refractivity contribution is -0.520. The van der Waals surface area contributed by atoms with E-state index in [4.69, 9.17) is 0 Å². The first kappa shape index (κ1) is 12.4. The third kappa shape index (κ3) is 5.89. The first-order valence-electron chi connectivity index (χ1n) is 3.46. The predicted octanol–water partition coefficient (Wildman–Crippen LogP) is -2.37. The zero-order chi connectivity index (χ0) is 7.28. The predicted molar refractivity (Wildman–Crippen MR) is 41.1 cm³/mol. The molecule has 2 nitrogen and oxygen atoms in total. The molecule has 0 aromatic carbocycles. The molecule has 0 heterocycles. The number of hydrogen-bond acceptors (Lipinski definition) is 0. The Balaban J connectivity index is 0. The highest BCUT2D eigenvalue weighted by Crippen LogP contribution is 1.72. The Labute approximate surface area is 69.9 Å². The average Bonchev–Trinajstić information content (AvgIpc) is 1.82. The topological polar surface area (TPSA) is 6.25 Å². The molecule has 0 aliphatic carbocycles. The first-order valence-corrected chi connectivity index (χ1v) is 3.46. The lowest BCUT2D eigenvalue weighted by atomic mass is 10.6. The molecule has 0 aliphatic heterocycles. The molecule has 0 aromatic rings. The summed E-state index contributed by atoms with van der Waals surface area (Å²) in [5.41, 5.74) is 0. The molecule has 0 aliphatic rings. The molecule has 0 atom stereocenters. The van der Waals surface area contributed by atoms with Gasteiger partial charge in [0.05, 0.1) is 27.2 Å². The molecule has 3 heteroatoms. The smallest absolute Gasteiger partial charge is 0.233 e. The van der Waals surface area contributed by atoms with Gasteiger partial charge in [0, 0.05) is 0 Å². The van der Waals surface area contributed by atoms with Crippen LogP contribution in [0.2, 0.25) is 0 Å². The molecular weight excluding hydrogens is 148 g/mol. The van der Waals surface area contributed by atoms with Crippen molar-refractivity contribution in [3.05, 3.63) is 0 Å². The van der Waals surface area contributed by atoms with Gasteiger partial charge in [-0.25, -0.2) is 0 Å². The zero-order valence-corrected chi connectivity index (χ0v) is 8.02. The number of nitrogens with zero attached hydrogens (tertiary/aromatic N) is 2. The highest BCUT2D eigenvalue weighted by molar-refractivity contribution is 5.47. The van der Waals surface area contributed by atoms with Crippen molar-refractivity contribution in [1.82, 2.24) is 4.90 Å². The van der Waals surface area contributed by atoms with Crippen LogP contribution in [0.3, 0.4) is 0 Å². The van der Waals surface area contributed by atoms with E-state index in [2.05, 4.69) is 29.7 Å². The molecule has 0 saturated heterocycles.